The van der Waals surface area contributed by atoms with E-state index in [2.05, 4.69) is 15.1 Å². The Labute approximate surface area is 70.3 Å². The van der Waals surface area contributed by atoms with Crippen LogP contribution in [0.1, 0.15) is 5.69 Å². The quantitative estimate of drug-likeness (QED) is 0.683. The van der Waals surface area contributed by atoms with E-state index >= 15 is 0 Å². The summed E-state index contributed by atoms with van der Waals surface area (Å²) >= 11 is 0. The highest BCUT2D eigenvalue weighted by atomic mass is 15.2. The van der Waals surface area contributed by atoms with Crippen LogP contribution in [0.25, 0.3) is 11.4 Å². The van der Waals surface area contributed by atoms with E-state index < -0.39 is 0 Å². The van der Waals surface area contributed by atoms with Gasteiger partial charge in [-0.1, -0.05) is 0 Å². The van der Waals surface area contributed by atoms with Gasteiger partial charge in [0.1, 0.15) is 5.82 Å². The van der Waals surface area contributed by atoms with Gasteiger partial charge in [0.2, 0.25) is 0 Å². The van der Waals surface area contributed by atoms with Gasteiger partial charge in [-0.25, -0.2) is 4.98 Å². The molecule has 1 N–H and O–H groups in total. The van der Waals surface area contributed by atoms with Crippen LogP contribution >= 0.6 is 0 Å². The molecule has 0 unspecified atom stereocenters. The third-order valence-corrected chi connectivity index (χ3v) is 1.68. The summed E-state index contributed by atoms with van der Waals surface area (Å²) < 4.78 is 1.76. The first-order chi connectivity index (χ1) is 5.75. The molecule has 4 nitrogen and oxygen atoms in total. The van der Waals surface area contributed by atoms with Gasteiger partial charge in [-0.3, -0.25) is 4.68 Å². The van der Waals surface area contributed by atoms with E-state index in [1.807, 2.05) is 26.4 Å². The van der Waals surface area contributed by atoms with Crippen molar-refractivity contribution in [1.29, 1.82) is 0 Å². The minimum Gasteiger partial charge on any atom is -0.342 e. The molecule has 2 aromatic rings. The van der Waals surface area contributed by atoms with Crippen molar-refractivity contribution in [3.05, 3.63) is 24.3 Å². The zero-order valence-corrected chi connectivity index (χ0v) is 7.07. The van der Waals surface area contributed by atoms with Gasteiger partial charge in [-0.2, -0.15) is 5.10 Å². The van der Waals surface area contributed by atoms with Gasteiger partial charge in [-0.15, -0.1) is 0 Å². The fourth-order valence-electron chi connectivity index (χ4n) is 1.10. The highest BCUT2D eigenvalue weighted by Gasteiger charge is 2.02. The molecule has 0 spiro atoms. The van der Waals surface area contributed by atoms with Crippen LogP contribution < -0.4 is 0 Å². The largest absolute Gasteiger partial charge is 0.342 e. The van der Waals surface area contributed by atoms with Crippen LogP contribution in [0.3, 0.4) is 0 Å². The van der Waals surface area contributed by atoms with Crippen molar-refractivity contribution < 1.29 is 0 Å². The second kappa shape index (κ2) is 2.48. The first kappa shape index (κ1) is 7.09. The Bertz CT molecular complexity index is 347. The lowest BCUT2D eigenvalue weighted by Crippen LogP contribution is -1.84. The number of aromatic amines is 1. The number of aromatic nitrogens is 4. The van der Waals surface area contributed by atoms with Crippen LogP contribution in [-0.4, -0.2) is 19.7 Å². The Morgan fingerprint density at radius 1 is 1.42 bits per heavy atom. The van der Waals surface area contributed by atoms with Crippen LogP contribution in [0.2, 0.25) is 0 Å². The first-order valence-corrected chi connectivity index (χ1v) is 3.76. The van der Waals surface area contributed by atoms with Gasteiger partial charge in [0.15, 0.2) is 0 Å². The zero-order valence-electron chi connectivity index (χ0n) is 7.07. The van der Waals surface area contributed by atoms with Crippen molar-refractivity contribution in [3.63, 3.8) is 0 Å². The normalized spacial score (nSPS) is 10.5. The number of rotatable bonds is 1. The van der Waals surface area contributed by atoms with Crippen LogP contribution in [0.15, 0.2) is 18.6 Å². The smallest absolute Gasteiger partial charge is 0.140 e. The second-order valence-corrected chi connectivity index (χ2v) is 2.82. The molecule has 4 heteroatoms. The van der Waals surface area contributed by atoms with E-state index in [0.29, 0.717) is 0 Å². The molecule has 0 radical (unpaired) electrons. The van der Waals surface area contributed by atoms with Gasteiger partial charge in [0, 0.05) is 25.1 Å². The molecule has 12 heavy (non-hydrogen) atoms. The highest BCUT2D eigenvalue weighted by molar-refractivity contribution is 5.52. The van der Waals surface area contributed by atoms with Gasteiger partial charge in [0.05, 0.1) is 11.8 Å². The monoisotopic (exact) mass is 162 g/mol. The van der Waals surface area contributed by atoms with Crippen molar-refractivity contribution in [2.75, 3.05) is 0 Å². The minimum absolute atomic E-state index is 0.876. The number of aryl methyl sites for hydroxylation is 2. The highest BCUT2D eigenvalue weighted by Crippen LogP contribution is 2.12. The van der Waals surface area contributed by atoms with Crippen molar-refractivity contribution >= 4 is 0 Å². The number of hydrogen-bond acceptors (Lipinski definition) is 2. The number of hydrogen-bond donors (Lipinski definition) is 1. The molecule has 0 saturated carbocycles. The van der Waals surface area contributed by atoms with E-state index in [1.54, 1.807) is 10.9 Å². The average Bonchev–Trinajstić information content (AvgIpc) is 2.58. The number of nitrogens with one attached hydrogen (secondary N) is 1. The Balaban J connectivity index is 2.43. The summed E-state index contributed by atoms with van der Waals surface area (Å²) in [5, 5.41) is 4.06. The van der Waals surface area contributed by atoms with E-state index in [1.165, 1.54) is 0 Å². The van der Waals surface area contributed by atoms with Crippen LogP contribution in [0, 0.1) is 6.92 Å². The molecule has 0 aliphatic heterocycles. The summed E-state index contributed by atoms with van der Waals surface area (Å²) in [7, 11) is 1.89. The summed E-state index contributed by atoms with van der Waals surface area (Å²) in [6.07, 6.45) is 5.53. The third-order valence-electron chi connectivity index (χ3n) is 1.68. The summed E-state index contributed by atoms with van der Waals surface area (Å²) in [5.74, 6) is 0.876. The first-order valence-electron chi connectivity index (χ1n) is 3.76. The topological polar surface area (TPSA) is 46.5 Å². The molecule has 0 aromatic carbocycles. The zero-order chi connectivity index (χ0) is 8.55. The molecular weight excluding hydrogens is 152 g/mol. The SMILES string of the molecule is Cc1cnc(-c2cnn(C)c2)[nH]1. The second-order valence-electron chi connectivity index (χ2n) is 2.82. The Morgan fingerprint density at radius 2 is 2.25 bits per heavy atom. The maximum atomic E-state index is 4.19. The lowest BCUT2D eigenvalue weighted by atomic mass is 10.3. The van der Waals surface area contributed by atoms with E-state index in [-0.39, 0.29) is 0 Å². The molecule has 2 aromatic heterocycles. The molecule has 62 valence electrons. The molecule has 2 heterocycles. The Hall–Kier alpha value is -1.58. The third kappa shape index (κ3) is 1.11. The molecule has 2 rings (SSSR count). The molecule has 0 aliphatic carbocycles. The van der Waals surface area contributed by atoms with Crippen LogP contribution in [0.5, 0.6) is 0 Å². The van der Waals surface area contributed by atoms with Crippen LogP contribution in [-0.2, 0) is 7.05 Å². The standard InChI is InChI=1S/C8H10N4/c1-6-3-9-8(11-6)7-4-10-12(2)5-7/h3-5H,1-2H3,(H,9,11). The number of imidazole rings is 1. The van der Waals surface area contributed by atoms with Crippen molar-refractivity contribution in [2.24, 2.45) is 7.05 Å². The predicted molar refractivity (Wildman–Crippen MR) is 45.5 cm³/mol. The molecule has 0 bridgehead atoms. The summed E-state index contributed by atoms with van der Waals surface area (Å²) in [6, 6.07) is 0. The van der Waals surface area contributed by atoms with Crippen molar-refractivity contribution in [3.8, 4) is 11.4 Å². The molecule has 0 aliphatic rings. The van der Waals surface area contributed by atoms with E-state index in [0.717, 1.165) is 17.1 Å². The lowest BCUT2D eigenvalue weighted by Gasteiger charge is -1.87. The molecule has 0 fully saturated rings. The Morgan fingerprint density at radius 3 is 2.75 bits per heavy atom. The average molecular weight is 162 g/mol. The maximum Gasteiger partial charge on any atom is 0.140 e. The molecular formula is C8H10N4. The van der Waals surface area contributed by atoms with Gasteiger partial charge in [0.25, 0.3) is 0 Å². The van der Waals surface area contributed by atoms with Gasteiger partial charge < -0.3 is 4.98 Å². The molecule has 0 amide bonds. The van der Waals surface area contributed by atoms with E-state index in [4.69, 9.17) is 0 Å². The number of nitrogens with zero attached hydrogens (tertiary/aromatic N) is 3. The number of H-pyrrole nitrogens is 1. The lowest BCUT2D eigenvalue weighted by molar-refractivity contribution is 0.768. The van der Waals surface area contributed by atoms with Gasteiger partial charge >= 0.3 is 0 Å². The fourth-order valence-corrected chi connectivity index (χ4v) is 1.10. The van der Waals surface area contributed by atoms with Crippen molar-refractivity contribution in [2.45, 2.75) is 6.92 Å². The maximum absolute atomic E-state index is 4.19. The summed E-state index contributed by atoms with van der Waals surface area (Å²) in [6.45, 7) is 1.98. The Kier molecular flexibility index (Phi) is 1.46. The van der Waals surface area contributed by atoms with E-state index in [9.17, 15) is 0 Å². The molecule has 0 saturated heterocycles. The fraction of sp³-hybridized carbons (Fsp3) is 0.250. The molecule has 0 atom stereocenters. The van der Waals surface area contributed by atoms with Crippen molar-refractivity contribution in [1.82, 2.24) is 19.7 Å². The minimum atomic E-state index is 0.876. The summed E-state index contributed by atoms with van der Waals surface area (Å²) in [5.41, 5.74) is 2.08. The van der Waals surface area contributed by atoms with Crippen LogP contribution in [0.4, 0.5) is 0 Å². The predicted octanol–water partition coefficient (Wildman–Crippen LogP) is 1.12. The summed E-state index contributed by atoms with van der Waals surface area (Å²) in [4.78, 5) is 7.33. The van der Waals surface area contributed by atoms with Gasteiger partial charge in [-0.05, 0) is 6.92 Å².